The summed E-state index contributed by atoms with van der Waals surface area (Å²) in [5.74, 6) is -4.89. The third-order valence-electron chi connectivity index (χ3n) is 11.4. The minimum atomic E-state index is -1.78. The fourth-order valence-corrected chi connectivity index (χ4v) is 8.03. The lowest BCUT2D eigenvalue weighted by atomic mass is 9.75. The normalized spacial score (nSPS) is 49.0. The quantitative estimate of drug-likeness (QED) is 0.237. The second-order valence-corrected chi connectivity index (χ2v) is 15.8. The number of rotatable bonds is 7. The van der Waals surface area contributed by atoms with Crippen LogP contribution in [0.15, 0.2) is 0 Å². The molecule has 18 unspecified atom stereocenters. The Morgan fingerprint density at radius 2 is 1.50 bits per heavy atom. The lowest BCUT2D eigenvalue weighted by Gasteiger charge is -2.49. The van der Waals surface area contributed by atoms with Gasteiger partial charge in [-0.25, -0.2) is 0 Å². The van der Waals surface area contributed by atoms with E-state index in [1.807, 2.05) is 25.9 Å². The average molecular weight is 720 g/mol. The molecule has 3 fully saturated rings. The van der Waals surface area contributed by atoms with Crippen LogP contribution in [0.25, 0.3) is 0 Å². The molecule has 3 aliphatic heterocycles. The van der Waals surface area contributed by atoms with Gasteiger partial charge in [0.2, 0.25) is 0 Å². The molecule has 0 spiro atoms. The van der Waals surface area contributed by atoms with Crippen molar-refractivity contribution in [2.24, 2.45) is 23.7 Å². The van der Waals surface area contributed by atoms with E-state index in [0.29, 0.717) is 6.42 Å². The number of aliphatic hydroxyl groups is 5. The Kier molecular flexibility index (Phi) is 14.9. The van der Waals surface area contributed by atoms with Gasteiger partial charge < -0.3 is 58.9 Å². The molecule has 3 aliphatic rings. The van der Waals surface area contributed by atoms with Crippen LogP contribution < -0.4 is 0 Å². The van der Waals surface area contributed by atoms with Crippen molar-refractivity contribution in [3.8, 4) is 0 Å². The predicted molar refractivity (Wildman–Crippen MR) is 182 cm³/mol. The highest BCUT2D eigenvalue weighted by atomic mass is 16.7. The number of Topliss-reactive ketones (excluding diaryl/α,β-unsaturated/α-hetero) is 1. The van der Waals surface area contributed by atoms with E-state index < -0.39 is 108 Å². The van der Waals surface area contributed by atoms with Gasteiger partial charge in [-0.05, 0) is 68.0 Å². The van der Waals surface area contributed by atoms with Gasteiger partial charge in [0.1, 0.15) is 30.2 Å². The van der Waals surface area contributed by atoms with Crippen molar-refractivity contribution in [2.75, 3.05) is 21.2 Å². The minimum Gasteiger partial charge on any atom is -0.459 e. The maximum atomic E-state index is 13.9. The number of hydrogen-bond acceptors (Lipinski definition) is 14. The summed E-state index contributed by atoms with van der Waals surface area (Å²) >= 11 is 0. The molecule has 0 aromatic rings. The van der Waals surface area contributed by atoms with Crippen molar-refractivity contribution in [3.05, 3.63) is 0 Å². The smallest absolute Gasteiger partial charge is 0.311 e. The number of hydrogen-bond donors (Lipinski definition) is 5. The average Bonchev–Trinajstić information content (AvgIpc) is 3.05. The van der Waals surface area contributed by atoms with Crippen LogP contribution in [0.1, 0.15) is 88.0 Å². The Morgan fingerprint density at radius 1 is 0.880 bits per heavy atom. The van der Waals surface area contributed by atoms with E-state index in [1.54, 1.807) is 41.5 Å². The molecule has 0 aliphatic carbocycles. The summed E-state index contributed by atoms with van der Waals surface area (Å²) in [7, 11) is 5.17. The van der Waals surface area contributed by atoms with Crippen LogP contribution in [0, 0.1) is 23.7 Å². The van der Waals surface area contributed by atoms with Gasteiger partial charge >= 0.3 is 5.97 Å². The Morgan fingerprint density at radius 3 is 2.06 bits per heavy atom. The number of likely N-dealkylation sites (N-methyl/N-ethyl adjacent to an activating group) is 1. The highest BCUT2D eigenvalue weighted by Crippen LogP contribution is 2.40. The predicted octanol–water partition coefficient (Wildman–Crippen LogP) is 1.40. The third-order valence-corrected chi connectivity index (χ3v) is 11.4. The first-order valence-electron chi connectivity index (χ1n) is 18.1. The largest absolute Gasteiger partial charge is 0.459 e. The number of cyclic esters (lactones) is 1. The van der Waals surface area contributed by atoms with Crippen molar-refractivity contribution in [2.45, 2.75) is 173 Å². The number of aliphatic hydroxyl groups excluding tert-OH is 4. The number of carbonyl (C=O) groups excluding carboxylic acids is 2. The first-order valence-corrected chi connectivity index (χ1v) is 18.1. The molecule has 0 radical (unpaired) electrons. The molecule has 0 saturated carbocycles. The number of nitrogens with zero attached hydrogens (tertiary/aromatic N) is 1. The van der Waals surface area contributed by atoms with Crippen molar-refractivity contribution < 1.29 is 63.5 Å². The SMILES string of the molecule is CCC1OC(=O)C(C)C(OC2CC(C)(OC)C(O)C(C)O2)C(C)C(OC2OC(C)CC(N(C)C)C2O)C(C)(O)CC(C)C(=O)C(C)C(O)C1O. The van der Waals surface area contributed by atoms with E-state index in [2.05, 4.69) is 0 Å². The van der Waals surface area contributed by atoms with Crippen LogP contribution in [0.4, 0.5) is 0 Å². The number of esters is 1. The Balaban J connectivity index is 2.16. The first-order chi connectivity index (χ1) is 23.1. The van der Waals surface area contributed by atoms with Crippen LogP contribution in [0.5, 0.6) is 0 Å². The summed E-state index contributed by atoms with van der Waals surface area (Å²) in [6.07, 6.45) is -11.1. The molecule has 0 aromatic carbocycles. The molecule has 0 aromatic heterocycles. The first kappa shape index (κ1) is 43.1. The maximum Gasteiger partial charge on any atom is 0.311 e. The monoisotopic (exact) mass is 719 g/mol. The maximum absolute atomic E-state index is 13.9. The number of carbonyl (C=O) groups is 2. The Labute approximate surface area is 297 Å². The van der Waals surface area contributed by atoms with Gasteiger partial charge in [-0.1, -0.05) is 27.7 Å². The van der Waals surface area contributed by atoms with Crippen molar-refractivity contribution in [1.82, 2.24) is 4.90 Å². The van der Waals surface area contributed by atoms with Gasteiger partial charge in [0.15, 0.2) is 12.6 Å². The molecule has 292 valence electrons. The minimum absolute atomic E-state index is 0.0975. The fraction of sp³-hybridized carbons (Fsp3) is 0.944. The van der Waals surface area contributed by atoms with Gasteiger partial charge in [-0.3, -0.25) is 9.59 Å². The van der Waals surface area contributed by atoms with E-state index in [9.17, 15) is 35.1 Å². The molecular weight excluding hydrogens is 654 g/mol. The lowest BCUT2D eigenvalue weighted by Crippen LogP contribution is -2.60. The van der Waals surface area contributed by atoms with E-state index in [0.717, 1.165) is 0 Å². The summed E-state index contributed by atoms with van der Waals surface area (Å²) in [6, 6.07) is -0.320. The van der Waals surface area contributed by atoms with Crippen molar-refractivity contribution in [3.63, 3.8) is 0 Å². The van der Waals surface area contributed by atoms with Crippen LogP contribution >= 0.6 is 0 Å². The summed E-state index contributed by atoms with van der Waals surface area (Å²) < 4.78 is 36.9. The molecule has 0 amide bonds. The van der Waals surface area contributed by atoms with Crippen LogP contribution in [0.3, 0.4) is 0 Å². The second kappa shape index (κ2) is 17.2. The molecule has 18 atom stereocenters. The number of ketones is 1. The second-order valence-electron chi connectivity index (χ2n) is 15.8. The van der Waals surface area contributed by atoms with E-state index in [4.69, 9.17) is 28.4 Å². The van der Waals surface area contributed by atoms with Gasteiger partial charge in [-0.2, -0.15) is 0 Å². The topological polar surface area (TPSA) is 194 Å². The van der Waals surface area contributed by atoms with Gasteiger partial charge in [-0.15, -0.1) is 0 Å². The highest BCUT2D eigenvalue weighted by Gasteiger charge is 2.52. The van der Waals surface area contributed by atoms with Gasteiger partial charge in [0.05, 0.1) is 47.6 Å². The van der Waals surface area contributed by atoms with Crippen LogP contribution in [-0.4, -0.2) is 148 Å². The third kappa shape index (κ3) is 9.43. The molecule has 0 bridgehead atoms. The zero-order valence-corrected chi connectivity index (χ0v) is 32.0. The zero-order chi connectivity index (χ0) is 38.0. The number of ether oxygens (including phenoxy) is 6. The Hall–Kier alpha value is -1.30. The molecule has 50 heavy (non-hydrogen) atoms. The Bertz CT molecular complexity index is 1120. The summed E-state index contributed by atoms with van der Waals surface area (Å²) in [6.45, 7) is 15.0. The van der Waals surface area contributed by atoms with E-state index in [-0.39, 0.29) is 31.4 Å². The van der Waals surface area contributed by atoms with Crippen LogP contribution in [0.2, 0.25) is 0 Å². The molecule has 14 heteroatoms. The van der Waals surface area contributed by atoms with Gasteiger partial charge in [0, 0.05) is 37.3 Å². The van der Waals surface area contributed by atoms with Gasteiger partial charge in [0.25, 0.3) is 0 Å². The molecule has 5 N–H and O–H groups in total. The lowest BCUT2D eigenvalue weighted by molar-refractivity contribution is -0.317. The fourth-order valence-electron chi connectivity index (χ4n) is 8.03. The highest BCUT2D eigenvalue weighted by molar-refractivity contribution is 5.83. The summed E-state index contributed by atoms with van der Waals surface area (Å²) in [5.41, 5.74) is -2.83. The van der Waals surface area contributed by atoms with Crippen LogP contribution in [-0.2, 0) is 38.0 Å². The summed E-state index contributed by atoms with van der Waals surface area (Å²) in [4.78, 5) is 29.5. The standard InChI is InChI=1S/C36H65NO13/c1-13-24-29(41)27(39)19(4)26(38)17(2)15-35(8,44)32(50-34-28(40)23(37(10)11)14-18(3)46-34)20(5)30(21(6)33(43)48-24)49-25-16-36(9,45-12)31(42)22(7)47-25/h17-25,27-32,34,39-42,44H,13-16H2,1-12H3. The molecule has 3 saturated heterocycles. The molecular formula is C36H65NO13. The molecule has 3 rings (SSSR count). The van der Waals surface area contributed by atoms with Crippen molar-refractivity contribution >= 4 is 11.8 Å². The molecule has 14 nitrogen and oxygen atoms in total. The van der Waals surface area contributed by atoms with E-state index >= 15 is 0 Å². The van der Waals surface area contributed by atoms with E-state index in [1.165, 1.54) is 21.0 Å². The summed E-state index contributed by atoms with van der Waals surface area (Å²) in [5, 5.41) is 56.8. The number of methoxy groups -OCH3 is 1. The van der Waals surface area contributed by atoms with Crippen molar-refractivity contribution in [1.29, 1.82) is 0 Å². The molecule has 3 heterocycles. The zero-order valence-electron chi connectivity index (χ0n) is 32.0.